The fourth-order valence-electron chi connectivity index (χ4n) is 2.32. The van der Waals surface area contributed by atoms with Crippen molar-refractivity contribution in [3.05, 3.63) is 35.6 Å². The van der Waals surface area contributed by atoms with Gasteiger partial charge in [0.25, 0.3) is 0 Å². The molecule has 3 rings (SSSR count). The maximum absolute atomic E-state index is 8.85. The molecule has 2 unspecified atom stereocenters. The average molecular weight is 259 g/mol. The number of nitrogens with zero attached hydrogens (tertiary/aromatic N) is 1. The van der Waals surface area contributed by atoms with Gasteiger partial charge in [0.1, 0.15) is 6.07 Å². The Morgan fingerprint density at radius 2 is 2.16 bits per heavy atom. The largest absolute Gasteiger partial charge is 0.454 e. The predicted octanol–water partition coefficient (Wildman–Crippen LogP) is 2.30. The number of hydrogen-bond donors (Lipinski definition) is 0. The second kappa shape index (κ2) is 4.82. The molecule has 2 aliphatic rings. The number of methoxy groups -OCH3 is 1. The fourth-order valence-corrected chi connectivity index (χ4v) is 2.32. The lowest BCUT2D eigenvalue weighted by atomic mass is 9.93. The standard InChI is InChI=1S/C14H13NO4/c1-16-14-11(4-3-10(7-15)19-14)9-2-5-12-13(6-9)18-8-17-12/h2-3,5-6,11,14H,4,8H2,1H3. The molecule has 0 bridgehead atoms. The molecule has 0 N–H and O–H groups in total. The van der Waals surface area contributed by atoms with E-state index in [2.05, 4.69) is 0 Å². The van der Waals surface area contributed by atoms with Crippen LogP contribution in [0.1, 0.15) is 17.9 Å². The van der Waals surface area contributed by atoms with Crippen LogP contribution in [-0.4, -0.2) is 20.2 Å². The molecule has 0 aromatic heterocycles. The molecule has 0 saturated carbocycles. The number of nitriles is 1. The van der Waals surface area contributed by atoms with Crippen LogP contribution in [0, 0.1) is 11.3 Å². The van der Waals surface area contributed by atoms with E-state index in [0.29, 0.717) is 12.2 Å². The first-order valence-electron chi connectivity index (χ1n) is 6.01. The monoisotopic (exact) mass is 259 g/mol. The third-order valence-electron chi connectivity index (χ3n) is 3.30. The molecule has 0 amide bonds. The van der Waals surface area contributed by atoms with Crippen LogP contribution in [0.4, 0.5) is 0 Å². The van der Waals surface area contributed by atoms with Crippen LogP contribution in [-0.2, 0) is 9.47 Å². The molecule has 0 fully saturated rings. The van der Waals surface area contributed by atoms with Crippen LogP contribution in [0.15, 0.2) is 30.0 Å². The number of benzene rings is 1. The summed E-state index contributed by atoms with van der Waals surface area (Å²) in [5, 5.41) is 8.85. The molecular formula is C14H13NO4. The molecule has 5 heteroatoms. The van der Waals surface area contributed by atoms with Crippen LogP contribution in [0.5, 0.6) is 11.5 Å². The van der Waals surface area contributed by atoms with Crippen molar-refractivity contribution in [1.82, 2.24) is 0 Å². The fraction of sp³-hybridized carbons (Fsp3) is 0.357. The highest BCUT2D eigenvalue weighted by Gasteiger charge is 2.30. The van der Waals surface area contributed by atoms with Crippen molar-refractivity contribution in [2.24, 2.45) is 0 Å². The Bertz CT molecular complexity index is 561. The summed E-state index contributed by atoms with van der Waals surface area (Å²) in [5.74, 6) is 1.84. The number of fused-ring (bicyclic) bond motifs is 1. The first-order chi connectivity index (χ1) is 9.31. The SMILES string of the molecule is COC1OC(C#N)=CCC1c1ccc2c(c1)OCO2. The van der Waals surface area contributed by atoms with Crippen molar-refractivity contribution in [1.29, 1.82) is 5.26 Å². The lowest BCUT2D eigenvalue weighted by Gasteiger charge is -2.29. The number of rotatable bonds is 2. The van der Waals surface area contributed by atoms with Gasteiger partial charge in [-0.25, -0.2) is 0 Å². The Labute approximate surface area is 110 Å². The Kier molecular flexibility index (Phi) is 3.02. The Morgan fingerprint density at radius 3 is 2.95 bits per heavy atom. The molecule has 98 valence electrons. The average Bonchev–Trinajstić information content (AvgIpc) is 2.93. The van der Waals surface area contributed by atoms with Crippen molar-refractivity contribution < 1.29 is 18.9 Å². The summed E-state index contributed by atoms with van der Waals surface area (Å²) in [6, 6.07) is 7.79. The van der Waals surface area contributed by atoms with E-state index in [0.717, 1.165) is 17.1 Å². The van der Waals surface area contributed by atoms with Crippen LogP contribution in [0.2, 0.25) is 0 Å². The van der Waals surface area contributed by atoms with Crippen molar-refractivity contribution >= 4 is 0 Å². The number of allylic oxidation sites excluding steroid dienone is 2. The van der Waals surface area contributed by atoms with Crippen molar-refractivity contribution in [2.75, 3.05) is 13.9 Å². The quantitative estimate of drug-likeness (QED) is 0.815. The summed E-state index contributed by atoms with van der Waals surface area (Å²) in [5.41, 5.74) is 1.05. The molecule has 2 atom stereocenters. The topological polar surface area (TPSA) is 60.7 Å². The third-order valence-corrected chi connectivity index (χ3v) is 3.30. The van der Waals surface area contributed by atoms with Crippen LogP contribution < -0.4 is 9.47 Å². The first-order valence-corrected chi connectivity index (χ1v) is 6.01. The maximum Gasteiger partial charge on any atom is 0.231 e. The molecule has 0 radical (unpaired) electrons. The van der Waals surface area contributed by atoms with Gasteiger partial charge in [0.2, 0.25) is 13.1 Å². The lowest BCUT2D eigenvalue weighted by Crippen LogP contribution is -2.26. The summed E-state index contributed by atoms with van der Waals surface area (Å²) < 4.78 is 21.5. The Morgan fingerprint density at radius 1 is 1.32 bits per heavy atom. The summed E-state index contributed by atoms with van der Waals surface area (Å²) in [7, 11) is 1.57. The first kappa shape index (κ1) is 11.9. The van der Waals surface area contributed by atoms with E-state index in [1.807, 2.05) is 24.3 Å². The van der Waals surface area contributed by atoms with Gasteiger partial charge >= 0.3 is 0 Å². The summed E-state index contributed by atoms with van der Waals surface area (Å²) in [6.07, 6.45) is 2.02. The van der Waals surface area contributed by atoms with Gasteiger partial charge in [-0.3, -0.25) is 0 Å². The normalized spacial score (nSPS) is 24.3. The molecule has 2 aliphatic heterocycles. The van der Waals surface area contributed by atoms with E-state index >= 15 is 0 Å². The maximum atomic E-state index is 8.85. The molecular weight excluding hydrogens is 246 g/mol. The van der Waals surface area contributed by atoms with Crippen molar-refractivity contribution in [3.8, 4) is 17.6 Å². The Balaban J connectivity index is 1.89. The van der Waals surface area contributed by atoms with Gasteiger partial charge in [0.15, 0.2) is 17.3 Å². The number of hydrogen-bond acceptors (Lipinski definition) is 5. The number of ether oxygens (including phenoxy) is 4. The van der Waals surface area contributed by atoms with E-state index in [1.165, 1.54) is 0 Å². The molecule has 0 aliphatic carbocycles. The Hall–Kier alpha value is -2.19. The van der Waals surface area contributed by atoms with Gasteiger partial charge in [-0.05, 0) is 30.2 Å². The van der Waals surface area contributed by atoms with E-state index < -0.39 is 6.29 Å². The molecule has 0 saturated heterocycles. The van der Waals surface area contributed by atoms with E-state index in [-0.39, 0.29) is 12.7 Å². The molecule has 1 aromatic carbocycles. The van der Waals surface area contributed by atoms with Crippen LogP contribution in [0.25, 0.3) is 0 Å². The summed E-state index contributed by atoms with van der Waals surface area (Å²) in [4.78, 5) is 0. The van der Waals surface area contributed by atoms with E-state index in [4.69, 9.17) is 24.2 Å². The second-order valence-electron chi connectivity index (χ2n) is 4.36. The van der Waals surface area contributed by atoms with Crippen LogP contribution in [0.3, 0.4) is 0 Å². The second-order valence-corrected chi connectivity index (χ2v) is 4.36. The highest BCUT2D eigenvalue weighted by molar-refractivity contribution is 5.46. The van der Waals surface area contributed by atoms with Crippen molar-refractivity contribution in [2.45, 2.75) is 18.6 Å². The zero-order chi connectivity index (χ0) is 13.2. The van der Waals surface area contributed by atoms with Gasteiger partial charge in [-0.15, -0.1) is 0 Å². The third kappa shape index (κ3) is 2.11. The highest BCUT2D eigenvalue weighted by Crippen LogP contribution is 2.38. The smallest absolute Gasteiger partial charge is 0.231 e. The molecule has 0 spiro atoms. The molecule has 2 heterocycles. The predicted molar refractivity (Wildman–Crippen MR) is 65.5 cm³/mol. The molecule has 19 heavy (non-hydrogen) atoms. The molecule has 1 aromatic rings. The highest BCUT2D eigenvalue weighted by atomic mass is 16.7. The summed E-state index contributed by atoms with van der Waals surface area (Å²) in [6.45, 7) is 0.256. The van der Waals surface area contributed by atoms with Gasteiger partial charge in [-0.1, -0.05) is 6.07 Å². The van der Waals surface area contributed by atoms with Gasteiger partial charge in [-0.2, -0.15) is 5.26 Å². The lowest BCUT2D eigenvalue weighted by molar-refractivity contribution is -0.113. The minimum Gasteiger partial charge on any atom is -0.454 e. The van der Waals surface area contributed by atoms with E-state index in [1.54, 1.807) is 13.2 Å². The summed E-state index contributed by atoms with van der Waals surface area (Å²) >= 11 is 0. The molecule has 5 nitrogen and oxygen atoms in total. The minimum atomic E-state index is -0.458. The zero-order valence-electron chi connectivity index (χ0n) is 10.5. The van der Waals surface area contributed by atoms with Crippen LogP contribution >= 0.6 is 0 Å². The van der Waals surface area contributed by atoms with Gasteiger partial charge in [0.05, 0.1) is 5.92 Å². The van der Waals surface area contributed by atoms with Crippen molar-refractivity contribution in [3.63, 3.8) is 0 Å². The zero-order valence-corrected chi connectivity index (χ0v) is 10.5. The van der Waals surface area contributed by atoms with E-state index in [9.17, 15) is 0 Å². The van der Waals surface area contributed by atoms with Gasteiger partial charge < -0.3 is 18.9 Å². The van der Waals surface area contributed by atoms with Gasteiger partial charge in [0, 0.05) is 7.11 Å². The minimum absolute atomic E-state index is 0.0385.